The highest BCUT2D eigenvalue weighted by atomic mass is 35.5. The van der Waals surface area contributed by atoms with E-state index in [0.717, 1.165) is 35.8 Å². The summed E-state index contributed by atoms with van der Waals surface area (Å²) in [5.74, 6) is 0.607. The van der Waals surface area contributed by atoms with E-state index in [-0.39, 0.29) is 11.6 Å². The van der Waals surface area contributed by atoms with Gasteiger partial charge in [0, 0.05) is 23.4 Å². The van der Waals surface area contributed by atoms with Crippen LogP contribution in [0.3, 0.4) is 0 Å². The summed E-state index contributed by atoms with van der Waals surface area (Å²) in [4.78, 5) is 1.28. The van der Waals surface area contributed by atoms with Crippen molar-refractivity contribution in [1.82, 2.24) is 5.32 Å². The van der Waals surface area contributed by atoms with Crippen molar-refractivity contribution in [1.29, 1.82) is 5.26 Å². The molecular weight excluding hydrogens is 368 g/mol. The monoisotopic (exact) mass is 388 g/mol. The summed E-state index contributed by atoms with van der Waals surface area (Å²) in [5.41, 5.74) is 2.68. The number of halogens is 1. The molecule has 1 saturated heterocycles. The first-order valence-electron chi connectivity index (χ1n) is 8.81. The van der Waals surface area contributed by atoms with Gasteiger partial charge in [0.25, 0.3) is 0 Å². The zero-order valence-corrected chi connectivity index (χ0v) is 16.4. The average molecular weight is 389 g/mol. The van der Waals surface area contributed by atoms with Crippen LogP contribution >= 0.6 is 22.9 Å². The number of nitrogens with zero attached hydrogens (tertiary/aromatic N) is 1. The molecule has 1 N–H and O–H groups in total. The van der Waals surface area contributed by atoms with E-state index in [1.165, 1.54) is 10.4 Å². The smallest absolute Gasteiger partial charge is 0.136 e. The third-order valence-electron chi connectivity index (χ3n) is 5.34. The average Bonchev–Trinajstić information content (AvgIpc) is 3.02. The van der Waals surface area contributed by atoms with E-state index in [1.807, 2.05) is 18.2 Å². The predicted molar refractivity (Wildman–Crippen MR) is 103 cm³/mol. The van der Waals surface area contributed by atoms with Crippen molar-refractivity contribution < 1.29 is 9.47 Å². The Labute approximate surface area is 162 Å². The fourth-order valence-electron chi connectivity index (χ4n) is 4.30. The van der Waals surface area contributed by atoms with Gasteiger partial charge >= 0.3 is 0 Å². The first-order chi connectivity index (χ1) is 12.5. The van der Waals surface area contributed by atoms with Crippen LogP contribution in [0.15, 0.2) is 24.3 Å². The van der Waals surface area contributed by atoms with E-state index in [9.17, 15) is 5.26 Å². The number of thiophene rings is 1. The Morgan fingerprint density at radius 3 is 3.00 bits per heavy atom. The number of hydrogen-bond donors (Lipinski definition) is 1. The molecule has 3 heterocycles. The number of piperidine rings is 1. The van der Waals surface area contributed by atoms with Crippen molar-refractivity contribution in [2.75, 3.05) is 13.7 Å². The molecule has 1 aromatic carbocycles. The second-order valence-corrected chi connectivity index (χ2v) is 8.78. The van der Waals surface area contributed by atoms with Crippen LogP contribution in [0, 0.1) is 11.3 Å². The molecule has 1 spiro atoms. The Bertz CT molecular complexity index is 875. The van der Waals surface area contributed by atoms with Gasteiger partial charge < -0.3 is 14.8 Å². The van der Waals surface area contributed by atoms with Gasteiger partial charge in [-0.3, -0.25) is 0 Å². The van der Waals surface area contributed by atoms with Gasteiger partial charge in [-0.15, -0.1) is 11.3 Å². The Balaban J connectivity index is 1.71. The molecule has 3 unspecified atom stereocenters. The van der Waals surface area contributed by atoms with Crippen LogP contribution in [0.4, 0.5) is 0 Å². The van der Waals surface area contributed by atoms with Crippen molar-refractivity contribution in [2.24, 2.45) is 0 Å². The van der Waals surface area contributed by atoms with Gasteiger partial charge in [-0.25, -0.2) is 0 Å². The summed E-state index contributed by atoms with van der Waals surface area (Å²) in [6.07, 6.45) is 2.68. The topological polar surface area (TPSA) is 54.3 Å². The number of methoxy groups -OCH3 is 1. The molecule has 4 rings (SSSR count). The quantitative estimate of drug-likeness (QED) is 0.819. The molecule has 0 saturated carbocycles. The molecule has 3 atom stereocenters. The summed E-state index contributed by atoms with van der Waals surface area (Å²) in [6, 6.07) is 10.6. The number of nitriles is 1. The van der Waals surface area contributed by atoms with Crippen LogP contribution in [0.2, 0.25) is 4.34 Å². The molecule has 26 heavy (non-hydrogen) atoms. The standard InChI is InChI=1S/C20H21ClN2O2S/c1-12-9-20(19-14(5-6-25-20)8-18(21)26-19)10-16(23-12)13-3-4-17(24-2)15(7-13)11-22/h3-4,7-8,12,16,23H,5-6,9-10H2,1-2H3. The lowest BCUT2D eigenvalue weighted by Gasteiger charge is -2.46. The molecule has 2 aliphatic heterocycles. The van der Waals surface area contributed by atoms with Gasteiger partial charge in [-0.2, -0.15) is 5.26 Å². The molecule has 1 aromatic heterocycles. The van der Waals surface area contributed by atoms with E-state index >= 15 is 0 Å². The van der Waals surface area contributed by atoms with E-state index in [4.69, 9.17) is 21.1 Å². The largest absolute Gasteiger partial charge is 0.495 e. The fraction of sp³-hybridized carbons (Fsp3) is 0.450. The fourth-order valence-corrected chi connectivity index (χ4v) is 5.77. The molecule has 1 fully saturated rings. The summed E-state index contributed by atoms with van der Waals surface area (Å²) < 4.78 is 12.5. The van der Waals surface area contributed by atoms with Gasteiger partial charge in [0.1, 0.15) is 17.4 Å². The van der Waals surface area contributed by atoms with Crippen LogP contribution < -0.4 is 10.1 Å². The number of benzene rings is 1. The zero-order chi connectivity index (χ0) is 18.3. The maximum absolute atomic E-state index is 9.41. The minimum Gasteiger partial charge on any atom is -0.495 e. The van der Waals surface area contributed by atoms with Gasteiger partial charge in [0.2, 0.25) is 0 Å². The minimum atomic E-state index is -0.298. The van der Waals surface area contributed by atoms with Crippen molar-refractivity contribution in [2.45, 2.75) is 43.9 Å². The Morgan fingerprint density at radius 1 is 1.38 bits per heavy atom. The summed E-state index contributed by atoms with van der Waals surface area (Å²) in [6.45, 7) is 2.92. The molecule has 0 amide bonds. The molecule has 136 valence electrons. The van der Waals surface area contributed by atoms with E-state index < -0.39 is 0 Å². The van der Waals surface area contributed by atoms with Crippen molar-refractivity contribution >= 4 is 22.9 Å². The predicted octanol–water partition coefficient (Wildman–Crippen LogP) is 4.56. The highest BCUT2D eigenvalue weighted by Crippen LogP contribution is 2.50. The lowest BCUT2D eigenvalue weighted by molar-refractivity contribution is -0.0954. The Kier molecular flexibility index (Phi) is 4.70. The second-order valence-electron chi connectivity index (χ2n) is 7.10. The molecule has 2 aliphatic rings. The van der Waals surface area contributed by atoms with Crippen LogP contribution in [-0.2, 0) is 16.8 Å². The first-order valence-corrected chi connectivity index (χ1v) is 10.0. The molecule has 6 heteroatoms. The van der Waals surface area contributed by atoms with Gasteiger partial charge in [-0.05, 0) is 49.1 Å². The highest BCUT2D eigenvalue weighted by Gasteiger charge is 2.46. The van der Waals surface area contributed by atoms with Crippen LogP contribution in [-0.4, -0.2) is 19.8 Å². The van der Waals surface area contributed by atoms with Crippen LogP contribution in [0.5, 0.6) is 5.75 Å². The molecule has 0 bridgehead atoms. The maximum Gasteiger partial charge on any atom is 0.136 e. The number of fused-ring (bicyclic) bond motifs is 2. The number of ether oxygens (including phenoxy) is 2. The summed E-state index contributed by atoms with van der Waals surface area (Å²) in [5, 5.41) is 13.1. The SMILES string of the molecule is COc1ccc(C2CC3(CC(C)N2)OCCc2cc(Cl)sc23)cc1C#N. The minimum absolute atomic E-state index is 0.114. The molecule has 0 radical (unpaired) electrons. The van der Waals surface area contributed by atoms with E-state index in [2.05, 4.69) is 24.4 Å². The first kappa shape index (κ1) is 17.8. The Morgan fingerprint density at radius 2 is 2.23 bits per heavy atom. The van der Waals surface area contributed by atoms with E-state index in [1.54, 1.807) is 18.4 Å². The Hall–Kier alpha value is -1.58. The van der Waals surface area contributed by atoms with Crippen molar-refractivity contribution in [3.63, 3.8) is 0 Å². The van der Waals surface area contributed by atoms with Gasteiger partial charge in [0.15, 0.2) is 0 Å². The number of nitrogens with one attached hydrogen (secondary N) is 1. The molecule has 4 nitrogen and oxygen atoms in total. The summed E-state index contributed by atoms with van der Waals surface area (Å²) in [7, 11) is 1.59. The van der Waals surface area contributed by atoms with E-state index in [0.29, 0.717) is 17.4 Å². The normalized spacial score (nSPS) is 27.8. The second kappa shape index (κ2) is 6.86. The molecular formula is C20H21ClN2O2S. The number of rotatable bonds is 2. The third kappa shape index (κ3) is 3.01. The van der Waals surface area contributed by atoms with Crippen LogP contribution in [0.1, 0.15) is 47.4 Å². The van der Waals surface area contributed by atoms with Crippen LogP contribution in [0.25, 0.3) is 0 Å². The lowest BCUT2D eigenvalue weighted by Crippen LogP contribution is -2.49. The highest BCUT2D eigenvalue weighted by molar-refractivity contribution is 7.16. The van der Waals surface area contributed by atoms with Crippen molar-refractivity contribution in [3.05, 3.63) is 50.2 Å². The maximum atomic E-state index is 9.41. The zero-order valence-electron chi connectivity index (χ0n) is 14.8. The van der Waals surface area contributed by atoms with Crippen molar-refractivity contribution in [3.8, 4) is 11.8 Å². The third-order valence-corrected chi connectivity index (χ3v) is 6.84. The molecule has 0 aliphatic carbocycles. The summed E-state index contributed by atoms with van der Waals surface area (Å²) >= 11 is 7.96. The number of hydrogen-bond acceptors (Lipinski definition) is 5. The lowest BCUT2D eigenvalue weighted by atomic mass is 9.78. The van der Waals surface area contributed by atoms with Gasteiger partial charge in [-0.1, -0.05) is 17.7 Å². The molecule has 2 aromatic rings. The van der Waals surface area contributed by atoms with Gasteiger partial charge in [0.05, 0.1) is 23.6 Å².